The van der Waals surface area contributed by atoms with Gasteiger partial charge in [-0.05, 0) is 65.2 Å². The number of hydrogen-bond donors (Lipinski definition) is 1. The van der Waals surface area contributed by atoms with Gasteiger partial charge in [-0.25, -0.2) is 4.98 Å². The smallest absolute Gasteiger partial charge is 0.228 e. The summed E-state index contributed by atoms with van der Waals surface area (Å²) in [6.07, 6.45) is 0. The maximum Gasteiger partial charge on any atom is 0.228 e. The number of nitrogens with two attached hydrogens (primary N) is 1. The molecule has 0 aliphatic heterocycles. The summed E-state index contributed by atoms with van der Waals surface area (Å²) in [6.45, 7) is 4.08. The van der Waals surface area contributed by atoms with E-state index < -0.39 is 0 Å². The summed E-state index contributed by atoms with van der Waals surface area (Å²) in [5.74, 6) is 0.586. The first-order valence-electron chi connectivity index (χ1n) is 5.98. The minimum Gasteiger partial charge on any atom is -0.436 e. The van der Waals surface area contributed by atoms with Crippen molar-refractivity contribution in [2.45, 2.75) is 13.8 Å². The van der Waals surface area contributed by atoms with Crippen molar-refractivity contribution in [3.63, 3.8) is 0 Å². The SMILES string of the molecule is Cc1cc(C)c2oc(-c3cc(N)ccc3Br)nc2c1. The summed E-state index contributed by atoms with van der Waals surface area (Å²) in [6, 6.07) is 9.71. The van der Waals surface area contributed by atoms with E-state index in [1.165, 1.54) is 5.56 Å². The predicted octanol–water partition coefficient (Wildman–Crippen LogP) is 4.46. The molecule has 0 radical (unpaired) electrons. The van der Waals surface area contributed by atoms with Gasteiger partial charge in [0.2, 0.25) is 5.89 Å². The van der Waals surface area contributed by atoms with Crippen LogP contribution in [0.5, 0.6) is 0 Å². The van der Waals surface area contributed by atoms with Gasteiger partial charge >= 0.3 is 0 Å². The van der Waals surface area contributed by atoms with E-state index in [1.54, 1.807) is 0 Å². The molecular weight excluding hydrogens is 304 g/mol. The molecule has 3 aromatic rings. The first-order valence-corrected chi connectivity index (χ1v) is 6.77. The van der Waals surface area contributed by atoms with Crippen molar-refractivity contribution in [3.8, 4) is 11.5 Å². The third-order valence-electron chi connectivity index (χ3n) is 3.04. The maximum absolute atomic E-state index is 5.88. The van der Waals surface area contributed by atoms with Crippen molar-refractivity contribution in [1.82, 2.24) is 4.98 Å². The molecule has 3 rings (SSSR count). The predicted molar refractivity (Wildman–Crippen MR) is 81.0 cm³/mol. The number of rotatable bonds is 1. The summed E-state index contributed by atoms with van der Waals surface area (Å²) in [5.41, 5.74) is 11.4. The number of fused-ring (bicyclic) bond motifs is 1. The molecular formula is C15H13BrN2O. The quantitative estimate of drug-likeness (QED) is 0.674. The molecule has 0 unspecified atom stereocenters. The van der Waals surface area contributed by atoms with Gasteiger partial charge in [-0.2, -0.15) is 0 Å². The Kier molecular flexibility index (Phi) is 2.82. The van der Waals surface area contributed by atoms with E-state index in [1.807, 2.05) is 31.2 Å². The average molecular weight is 317 g/mol. The van der Waals surface area contributed by atoms with Crippen LogP contribution in [-0.4, -0.2) is 4.98 Å². The van der Waals surface area contributed by atoms with E-state index in [4.69, 9.17) is 10.2 Å². The Morgan fingerprint density at radius 1 is 1.16 bits per heavy atom. The topological polar surface area (TPSA) is 52.0 Å². The summed E-state index contributed by atoms with van der Waals surface area (Å²) in [4.78, 5) is 4.55. The molecule has 0 bridgehead atoms. The van der Waals surface area contributed by atoms with Gasteiger partial charge in [0.1, 0.15) is 5.52 Å². The van der Waals surface area contributed by atoms with Gasteiger partial charge in [-0.3, -0.25) is 0 Å². The zero-order valence-electron chi connectivity index (χ0n) is 10.7. The highest BCUT2D eigenvalue weighted by Crippen LogP contribution is 2.33. The van der Waals surface area contributed by atoms with Gasteiger partial charge in [0, 0.05) is 10.2 Å². The molecule has 1 aromatic heterocycles. The zero-order valence-corrected chi connectivity index (χ0v) is 12.3. The van der Waals surface area contributed by atoms with E-state index in [0.717, 1.165) is 26.7 Å². The number of anilines is 1. The lowest BCUT2D eigenvalue weighted by atomic mass is 10.1. The number of aryl methyl sites for hydroxylation is 2. The fourth-order valence-electron chi connectivity index (χ4n) is 2.20. The lowest BCUT2D eigenvalue weighted by molar-refractivity contribution is 0.617. The maximum atomic E-state index is 5.88. The van der Waals surface area contributed by atoms with Crippen molar-refractivity contribution in [3.05, 3.63) is 45.9 Å². The fraction of sp³-hybridized carbons (Fsp3) is 0.133. The van der Waals surface area contributed by atoms with Gasteiger partial charge in [0.25, 0.3) is 0 Å². The van der Waals surface area contributed by atoms with Crippen molar-refractivity contribution >= 4 is 32.7 Å². The number of halogens is 1. The number of nitrogens with zero attached hydrogens (tertiary/aromatic N) is 1. The molecule has 0 aliphatic carbocycles. The van der Waals surface area contributed by atoms with Gasteiger partial charge < -0.3 is 10.2 Å². The molecule has 19 heavy (non-hydrogen) atoms. The van der Waals surface area contributed by atoms with Gasteiger partial charge in [-0.15, -0.1) is 0 Å². The Labute approximate surface area is 119 Å². The van der Waals surface area contributed by atoms with E-state index >= 15 is 0 Å². The molecule has 0 fully saturated rings. The Morgan fingerprint density at radius 2 is 1.95 bits per heavy atom. The van der Waals surface area contributed by atoms with Gasteiger partial charge in [0.05, 0.1) is 5.56 Å². The van der Waals surface area contributed by atoms with Crippen LogP contribution in [0.25, 0.3) is 22.6 Å². The second-order valence-electron chi connectivity index (χ2n) is 4.69. The molecule has 0 saturated heterocycles. The molecule has 0 aliphatic rings. The van der Waals surface area contributed by atoms with Gasteiger partial charge in [-0.1, -0.05) is 6.07 Å². The molecule has 4 heteroatoms. The second-order valence-corrected chi connectivity index (χ2v) is 5.54. The molecule has 0 saturated carbocycles. The normalized spacial score (nSPS) is 11.1. The fourth-order valence-corrected chi connectivity index (χ4v) is 2.61. The third-order valence-corrected chi connectivity index (χ3v) is 3.73. The summed E-state index contributed by atoms with van der Waals surface area (Å²) in [7, 11) is 0. The van der Waals surface area contributed by atoms with E-state index in [2.05, 4.69) is 33.9 Å². The monoisotopic (exact) mass is 316 g/mol. The number of nitrogen functional groups attached to an aromatic ring is 1. The molecule has 2 N–H and O–H groups in total. The van der Waals surface area contributed by atoms with Crippen LogP contribution in [0.3, 0.4) is 0 Å². The minimum atomic E-state index is 0.586. The van der Waals surface area contributed by atoms with Crippen molar-refractivity contribution < 1.29 is 4.42 Å². The molecule has 0 spiro atoms. The highest BCUT2D eigenvalue weighted by Gasteiger charge is 2.13. The highest BCUT2D eigenvalue weighted by molar-refractivity contribution is 9.10. The molecule has 0 amide bonds. The standard InChI is InChI=1S/C15H13BrN2O/c1-8-5-9(2)14-13(6-8)18-15(19-14)11-7-10(17)3-4-12(11)16/h3-7H,17H2,1-2H3. The van der Waals surface area contributed by atoms with Crippen LogP contribution < -0.4 is 5.73 Å². The van der Waals surface area contributed by atoms with Crippen LogP contribution in [0.2, 0.25) is 0 Å². The van der Waals surface area contributed by atoms with Crippen LogP contribution in [0.1, 0.15) is 11.1 Å². The zero-order chi connectivity index (χ0) is 13.6. The van der Waals surface area contributed by atoms with Crippen LogP contribution in [0.15, 0.2) is 39.2 Å². The van der Waals surface area contributed by atoms with Crippen molar-refractivity contribution in [2.75, 3.05) is 5.73 Å². The van der Waals surface area contributed by atoms with Gasteiger partial charge in [0.15, 0.2) is 5.58 Å². The van der Waals surface area contributed by atoms with Crippen molar-refractivity contribution in [1.29, 1.82) is 0 Å². The Morgan fingerprint density at radius 3 is 2.74 bits per heavy atom. The average Bonchev–Trinajstić information content (AvgIpc) is 2.76. The Balaban J connectivity index is 2.26. The summed E-state index contributed by atoms with van der Waals surface area (Å²) >= 11 is 3.50. The minimum absolute atomic E-state index is 0.586. The molecule has 3 nitrogen and oxygen atoms in total. The number of benzene rings is 2. The number of oxazole rings is 1. The first-order chi connectivity index (χ1) is 9.04. The lowest BCUT2D eigenvalue weighted by Crippen LogP contribution is -1.86. The highest BCUT2D eigenvalue weighted by atomic mass is 79.9. The Bertz CT molecular complexity index is 777. The van der Waals surface area contributed by atoms with Crippen LogP contribution >= 0.6 is 15.9 Å². The Hall–Kier alpha value is -1.81. The molecule has 2 aromatic carbocycles. The van der Waals surface area contributed by atoms with E-state index in [-0.39, 0.29) is 0 Å². The molecule has 1 heterocycles. The first kappa shape index (κ1) is 12.2. The van der Waals surface area contributed by atoms with E-state index in [9.17, 15) is 0 Å². The third kappa shape index (κ3) is 2.12. The van der Waals surface area contributed by atoms with Crippen LogP contribution in [0.4, 0.5) is 5.69 Å². The van der Waals surface area contributed by atoms with Crippen LogP contribution in [0, 0.1) is 13.8 Å². The number of aromatic nitrogens is 1. The van der Waals surface area contributed by atoms with Crippen molar-refractivity contribution in [2.24, 2.45) is 0 Å². The van der Waals surface area contributed by atoms with E-state index in [0.29, 0.717) is 11.6 Å². The summed E-state index contributed by atoms with van der Waals surface area (Å²) < 4.78 is 6.80. The number of hydrogen-bond acceptors (Lipinski definition) is 3. The van der Waals surface area contributed by atoms with Crippen LogP contribution in [-0.2, 0) is 0 Å². The molecule has 0 atom stereocenters. The molecule has 96 valence electrons. The lowest BCUT2D eigenvalue weighted by Gasteiger charge is -2.00. The largest absolute Gasteiger partial charge is 0.436 e. The summed E-state index contributed by atoms with van der Waals surface area (Å²) in [5, 5.41) is 0. The second kappa shape index (κ2) is 4.38.